The molecule has 0 saturated heterocycles. The van der Waals surface area contributed by atoms with E-state index in [1.165, 1.54) is 6.20 Å². The fourth-order valence-corrected chi connectivity index (χ4v) is 2.68. The van der Waals surface area contributed by atoms with Gasteiger partial charge in [0.25, 0.3) is 0 Å². The number of aromatic nitrogens is 2. The Kier molecular flexibility index (Phi) is 3.45. The lowest BCUT2D eigenvalue weighted by molar-refractivity contribution is 0.483. The Morgan fingerprint density at radius 2 is 1.52 bits per heavy atom. The summed E-state index contributed by atoms with van der Waals surface area (Å²) in [6.07, 6.45) is 1.25. The molecule has 6 heteroatoms. The molecule has 0 unspecified atom stereocenters. The quantitative estimate of drug-likeness (QED) is 0.752. The molecule has 1 heterocycles. The van der Waals surface area contributed by atoms with Crippen LogP contribution in [0.1, 0.15) is 0 Å². The van der Waals surface area contributed by atoms with E-state index < -0.39 is 10.1 Å². The average Bonchev–Trinajstić information content (AvgIpc) is 2.99. The summed E-state index contributed by atoms with van der Waals surface area (Å²) in [7, 11) is -3.92. The van der Waals surface area contributed by atoms with E-state index in [-0.39, 0.29) is 10.8 Å². The highest BCUT2D eigenvalue weighted by atomic mass is 32.2. The molecule has 0 atom stereocenters. The summed E-state index contributed by atoms with van der Waals surface area (Å²) < 4.78 is 29.3. The number of hydrogen-bond donors (Lipinski definition) is 1. The number of imidazole rings is 1. The Hall–Kier alpha value is -2.60. The van der Waals surface area contributed by atoms with Crippen LogP contribution in [0.15, 0.2) is 71.9 Å². The standard InChI is InChI=1S/C15H12N2O3S/c18-21(19,20-13-9-5-2-6-10-13)14-11-16-15(17-14)12-7-3-1-4-8-12/h1-11H,(H,16,17). The van der Waals surface area contributed by atoms with Crippen LogP contribution in [0.25, 0.3) is 11.4 Å². The Bertz CT molecular complexity index is 828. The van der Waals surface area contributed by atoms with Gasteiger partial charge < -0.3 is 9.17 Å². The SMILES string of the molecule is O=S(=O)(Oc1ccccc1)c1cnc(-c2ccccc2)[nH]1. The predicted octanol–water partition coefficient (Wildman–Crippen LogP) is 2.84. The van der Waals surface area contributed by atoms with Crippen molar-refractivity contribution in [2.45, 2.75) is 5.03 Å². The van der Waals surface area contributed by atoms with Gasteiger partial charge >= 0.3 is 10.1 Å². The molecular formula is C15H12N2O3S. The number of benzene rings is 2. The zero-order chi connectivity index (χ0) is 14.7. The molecule has 0 fully saturated rings. The summed E-state index contributed by atoms with van der Waals surface area (Å²) in [6.45, 7) is 0. The van der Waals surface area contributed by atoms with Crippen LogP contribution in [0.5, 0.6) is 5.75 Å². The number of rotatable bonds is 4. The van der Waals surface area contributed by atoms with Crippen LogP contribution in [0.2, 0.25) is 0 Å². The van der Waals surface area contributed by atoms with Gasteiger partial charge in [0.15, 0.2) is 5.03 Å². The van der Waals surface area contributed by atoms with Crippen LogP contribution >= 0.6 is 0 Å². The summed E-state index contributed by atoms with van der Waals surface area (Å²) in [5, 5.41) is -0.0785. The molecule has 0 spiro atoms. The number of nitrogens with zero attached hydrogens (tertiary/aromatic N) is 1. The van der Waals surface area contributed by atoms with Crippen molar-refractivity contribution in [3.63, 3.8) is 0 Å². The van der Waals surface area contributed by atoms with Crippen molar-refractivity contribution in [2.24, 2.45) is 0 Å². The first-order valence-corrected chi connectivity index (χ1v) is 7.66. The van der Waals surface area contributed by atoms with Crippen molar-refractivity contribution in [3.8, 4) is 17.1 Å². The van der Waals surface area contributed by atoms with E-state index in [0.717, 1.165) is 5.56 Å². The summed E-state index contributed by atoms with van der Waals surface area (Å²) in [5.41, 5.74) is 0.804. The van der Waals surface area contributed by atoms with Crippen LogP contribution < -0.4 is 4.18 Å². The van der Waals surface area contributed by atoms with E-state index in [1.807, 2.05) is 30.3 Å². The molecule has 0 radical (unpaired) electrons. The first-order valence-electron chi connectivity index (χ1n) is 6.25. The number of nitrogens with one attached hydrogen (secondary N) is 1. The summed E-state index contributed by atoms with van der Waals surface area (Å²) in [6, 6.07) is 17.6. The molecule has 1 N–H and O–H groups in total. The van der Waals surface area contributed by atoms with Gasteiger partial charge in [0.05, 0.1) is 6.20 Å². The van der Waals surface area contributed by atoms with E-state index in [4.69, 9.17) is 4.18 Å². The Labute approximate surface area is 122 Å². The molecular weight excluding hydrogens is 288 g/mol. The fourth-order valence-electron chi connectivity index (χ4n) is 1.82. The predicted molar refractivity (Wildman–Crippen MR) is 78.3 cm³/mol. The minimum absolute atomic E-state index is 0.0785. The molecule has 0 aliphatic rings. The Morgan fingerprint density at radius 3 is 2.19 bits per heavy atom. The third-order valence-electron chi connectivity index (χ3n) is 2.82. The normalized spacial score (nSPS) is 11.2. The van der Waals surface area contributed by atoms with Gasteiger partial charge in [0, 0.05) is 5.56 Å². The second-order valence-electron chi connectivity index (χ2n) is 4.31. The van der Waals surface area contributed by atoms with Crippen molar-refractivity contribution in [1.82, 2.24) is 9.97 Å². The zero-order valence-corrected chi connectivity index (χ0v) is 11.7. The minimum Gasteiger partial charge on any atom is -0.378 e. The van der Waals surface area contributed by atoms with Gasteiger partial charge in [-0.15, -0.1) is 0 Å². The van der Waals surface area contributed by atoms with Crippen molar-refractivity contribution in [2.75, 3.05) is 0 Å². The van der Waals surface area contributed by atoms with Gasteiger partial charge in [0.2, 0.25) is 0 Å². The Morgan fingerprint density at radius 1 is 0.905 bits per heavy atom. The van der Waals surface area contributed by atoms with E-state index in [9.17, 15) is 8.42 Å². The monoisotopic (exact) mass is 300 g/mol. The summed E-state index contributed by atoms with van der Waals surface area (Å²) in [5.74, 6) is 0.735. The molecule has 2 aromatic carbocycles. The Balaban J connectivity index is 1.89. The third kappa shape index (κ3) is 2.95. The smallest absolute Gasteiger partial charge is 0.356 e. The van der Waals surface area contributed by atoms with Gasteiger partial charge in [-0.2, -0.15) is 8.42 Å². The van der Waals surface area contributed by atoms with Crippen molar-refractivity contribution in [1.29, 1.82) is 0 Å². The molecule has 0 bridgehead atoms. The van der Waals surface area contributed by atoms with Gasteiger partial charge in [-0.3, -0.25) is 0 Å². The van der Waals surface area contributed by atoms with E-state index in [0.29, 0.717) is 5.82 Å². The first kappa shape index (κ1) is 13.4. The maximum absolute atomic E-state index is 12.2. The fraction of sp³-hybridized carbons (Fsp3) is 0. The second kappa shape index (κ2) is 5.41. The molecule has 5 nitrogen and oxygen atoms in total. The van der Waals surface area contributed by atoms with Gasteiger partial charge in [0.1, 0.15) is 11.6 Å². The molecule has 21 heavy (non-hydrogen) atoms. The highest BCUT2D eigenvalue weighted by Crippen LogP contribution is 2.20. The molecule has 0 aliphatic heterocycles. The number of aromatic amines is 1. The van der Waals surface area contributed by atoms with Crippen LogP contribution in [0.4, 0.5) is 0 Å². The van der Waals surface area contributed by atoms with Gasteiger partial charge in [-0.05, 0) is 12.1 Å². The summed E-state index contributed by atoms with van der Waals surface area (Å²) >= 11 is 0. The second-order valence-corrected chi connectivity index (χ2v) is 5.83. The van der Waals surface area contributed by atoms with Crippen molar-refractivity contribution < 1.29 is 12.6 Å². The molecule has 0 amide bonds. The minimum atomic E-state index is -3.92. The third-order valence-corrected chi connectivity index (χ3v) is 3.98. The number of H-pyrrole nitrogens is 1. The zero-order valence-electron chi connectivity index (χ0n) is 10.9. The lowest BCUT2D eigenvalue weighted by atomic mass is 10.2. The lowest BCUT2D eigenvalue weighted by Crippen LogP contribution is -2.10. The summed E-state index contributed by atoms with van der Waals surface area (Å²) in [4.78, 5) is 6.85. The number of para-hydroxylation sites is 1. The maximum Gasteiger partial charge on any atom is 0.356 e. The topological polar surface area (TPSA) is 72.1 Å². The maximum atomic E-state index is 12.2. The largest absolute Gasteiger partial charge is 0.378 e. The highest BCUT2D eigenvalue weighted by Gasteiger charge is 2.20. The average molecular weight is 300 g/mol. The number of hydrogen-bond acceptors (Lipinski definition) is 4. The van der Waals surface area contributed by atoms with Crippen LogP contribution in [0, 0.1) is 0 Å². The highest BCUT2D eigenvalue weighted by molar-refractivity contribution is 7.87. The van der Waals surface area contributed by atoms with Crippen LogP contribution in [-0.2, 0) is 10.1 Å². The van der Waals surface area contributed by atoms with E-state index >= 15 is 0 Å². The van der Waals surface area contributed by atoms with Crippen LogP contribution in [-0.4, -0.2) is 18.4 Å². The first-order chi connectivity index (χ1) is 10.1. The van der Waals surface area contributed by atoms with Crippen molar-refractivity contribution >= 4 is 10.1 Å². The van der Waals surface area contributed by atoms with Crippen molar-refractivity contribution in [3.05, 3.63) is 66.9 Å². The lowest BCUT2D eigenvalue weighted by Gasteiger charge is -2.04. The molecule has 0 saturated carbocycles. The molecule has 3 rings (SSSR count). The van der Waals surface area contributed by atoms with E-state index in [2.05, 4.69) is 9.97 Å². The van der Waals surface area contributed by atoms with Crippen LogP contribution in [0.3, 0.4) is 0 Å². The molecule has 0 aliphatic carbocycles. The van der Waals surface area contributed by atoms with Gasteiger partial charge in [-0.25, -0.2) is 4.98 Å². The molecule has 1 aromatic heterocycles. The van der Waals surface area contributed by atoms with Gasteiger partial charge in [-0.1, -0.05) is 48.5 Å². The molecule has 3 aromatic rings. The molecule has 106 valence electrons. The van der Waals surface area contributed by atoms with E-state index in [1.54, 1.807) is 30.3 Å².